The van der Waals surface area contributed by atoms with Crippen LogP contribution in [0.5, 0.6) is 0 Å². The van der Waals surface area contributed by atoms with Crippen LogP contribution in [0.4, 0.5) is 0 Å². The summed E-state index contributed by atoms with van der Waals surface area (Å²) in [6.07, 6.45) is 0.922. The Morgan fingerprint density at radius 2 is 1.68 bits per heavy atom. The van der Waals surface area contributed by atoms with Crippen molar-refractivity contribution in [3.63, 3.8) is 0 Å². The summed E-state index contributed by atoms with van der Waals surface area (Å²) in [7, 11) is 0. The molecule has 0 bridgehead atoms. The lowest BCUT2D eigenvalue weighted by Crippen LogP contribution is -3.00. The van der Waals surface area contributed by atoms with E-state index in [4.69, 9.17) is 28.6 Å². The minimum atomic E-state index is -0.105. The zero-order valence-electron chi connectivity index (χ0n) is 13.6. The zero-order valence-corrected chi connectivity index (χ0v) is 16.7. The van der Waals surface area contributed by atoms with Crippen molar-refractivity contribution in [2.45, 2.75) is 26.4 Å². The molecule has 0 saturated carbocycles. The van der Waals surface area contributed by atoms with Gasteiger partial charge in [0.1, 0.15) is 0 Å². The Morgan fingerprint density at radius 1 is 1.04 bits per heavy atom. The summed E-state index contributed by atoms with van der Waals surface area (Å²) in [5.41, 5.74) is 2.66. The number of halogens is 3. The van der Waals surface area contributed by atoms with E-state index in [-0.39, 0.29) is 29.3 Å². The summed E-state index contributed by atoms with van der Waals surface area (Å²) in [6, 6.07) is 12.6. The number of nitrogens with one attached hydrogen (secondary N) is 1. The van der Waals surface area contributed by atoms with Gasteiger partial charge in [-0.3, -0.25) is 10.2 Å². The van der Waals surface area contributed by atoms with Gasteiger partial charge in [0.05, 0.1) is 27.6 Å². The van der Waals surface area contributed by atoms with Crippen molar-refractivity contribution < 1.29 is 21.8 Å². The third-order valence-electron chi connectivity index (χ3n) is 3.97. The van der Waals surface area contributed by atoms with Gasteiger partial charge in [-0.2, -0.15) is 0 Å². The van der Waals surface area contributed by atoms with Crippen molar-refractivity contribution in [2.24, 2.45) is 0 Å². The quantitative estimate of drug-likeness (QED) is 0.599. The van der Waals surface area contributed by atoms with Gasteiger partial charge in [-0.15, -0.1) is 0 Å². The van der Waals surface area contributed by atoms with Gasteiger partial charge in [0.25, 0.3) is 0 Å². The van der Waals surface area contributed by atoms with Crippen LogP contribution in [0.1, 0.15) is 23.7 Å². The molecule has 4 nitrogen and oxygen atoms in total. The van der Waals surface area contributed by atoms with Crippen LogP contribution in [0, 0.1) is 5.41 Å². The summed E-state index contributed by atoms with van der Waals surface area (Å²) in [5.74, 6) is -0.105. The fraction of sp³-hybridized carbons (Fsp3) is 0.222. The lowest BCUT2D eigenvalue weighted by Gasteiger charge is -2.05. The molecular formula is C18H17BrCl2N3O-. The largest absolute Gasteiger partial charge is 1.00 e. The molecule has 0 radical (unpaired) electrons. The minimum Gasteiger partial charge on any atom is -1.00 e. The highest BCUT2D eigenvalue weighted by Gasteiger charge is 2.15. The molecule has 0 saturated heterocycles. The van der Waals surface area contributed by atoms with Crippen LogP contribution in [0.2, 0.25) is 10.0 Å². The van der Waals surface area contributed by atoms with Crippen LogP contribution in [0.25, 0.3) is 11.0 Å². The molecule has 2 aromatic carbocycles. The highest BCUT2D eigenvalue weighted by Crippen LogP contribution is 2.23. The second-order valence-electron chi connectivity index (χ2n) is 5.60. The van der Waals surface area contributed by atoms with Crippen LogP contribution < -0.4 is 22.6 Å². The first kappa shape index (κ1) is 19.8. The van der Waals surface area contributed by atoms with Crippen LogP contribution in [-0.4, -0.2) is 14.9 Å². The lowest BCUT2D eigenvalue weighted by atomic mass is 10.1. The number of rotatable bonds is 5. The lowest BCUT2D eigenvalue weighted by molar-refractivity contribution is -0.0000128. The smallest absolute Gasteiger partial charge is 0.203 e. The normalized spacial score (nSPS) is 10.7. The van der Waals surface area contributed by atoms with E-state index in [2.05, 4.69) is 6.92 Å². The second-order valence-corrected chi connectivity index (χ2v) is 6.42. The van der Waals surface area contributed by atoms with Gasteiger partial charge in [-0.1, -0.05) is 42.3 Å². The summed E-state index contributed by atoms with van der Waals surface area (Å²) in [4.78, 5) is 12.6. The van der Waals surface area contributed by atoms with E-state index in [1.807, 2.05) is 28.8 Å². The number of carbonyl (C=O) groups excluding carboxylic acids is 1. The number of ketones is 1. The Bertz CT molecular complexity index is 978. The van der Waals surface area contributed by atoms with Crippen molar-refractivity contribution in [2.75, 3.05) is 0 Å². The molecule has 132 valence electrons. The van der Waals surface area contributed by atoms with Gasteiger partial charge in [0, 0.05) is 12.1 Å². The molecule has 0 atom stereocenters. The van der Waals surface area contributed by atoms with E-state index < -0.39 is 0 Å². The van der Waals surface area contributed by atoms with Gasteiger partial charge in [0.2, 0.25) is 5.62 Å². The fourth-order valence-electron chi connectivity index (χ4n) is 2.81. The Balaban J connectivity index is 0.00000225. The maximum Gasteiger partial charge on any atom is 0.203 e. The summed E-state index contributed by atoms with van der Waals surface area (Å²) in [5, 5.41) is 9.21. The van der Waals surface area contributed by atoms with Gasteiger partial charge in [-0.25, -0.2) is 0 Å². The number of carbonyl (C=O) groups is 1. The highest BCUT2D eigenvalue weighted by molar-refractivity contribution is 6.42. The standard InChI is InChI=1S/C18H17Cl2N3O.BrH/c1-2-9-22-15-5-3-4-6-16(15)23(18(22)21)11-17(24)12-7-8-13(19)14(20)10-12;/h3-8,10,21H,2,9,11H2,1H3;1H/p-1. The summed E-state index contributed by atoms with van der Waals surface area (Å²) in [6.45, 7) is 2.90. The molecular weight excluding hydrogens is 425 g/mol. The molecule has 25 heavy (non-hydrogen) atoms. The first-order valence-electron chi connectivity index (χ1n) is 7.74. The highest BCUT2D eigenvalue weighted by atomic mass is 79.9. The van der Waals surface area contributed by atoms with Crippen LogP contribution in [0.3, 0.4) is 0 Å². The number of para-hydroxylation sites is 2. The molecule has 0 aliphatic carbocycles. The maximum atomic E-state index is 12.6. The summed E-state index contributed by atoms with van der Waals surface area (Å²) >= 11 is 11.9. The Labute approximate surface area is 166 Å². The monoisotopic (exact) mass is 440 g/mol. The number of Topliss-reactive ketones (excluding diaryl/α,β-unsaturated/α-hetero) is 1. The third kappa shape index (κ3) is 3.84. The zero-order chi connectivity index (χ0) is 17.3. The molecule has 0 aliphatic heterocycles. The number of hydrogen-bond donors (Lipinski definition) is 1. The number of aromatic nitrogens is 2. The van der Waals surface area contributed by atoms with E-state index in [1.165, 1.54) is 0 Å². The molecule has 0 aliphatic rings. The van der Waals surface area contributed by atoms with Crippen molar-refractivity contribution in [3.8, 4) is 0 Å². The molecule has 1 N–H and O–H groups in total. The molecule has 3 rings (SSSR count). The molecule has 0 amide bonds. The first-order valence-corrected chi connectivity index (χ1v) is 8.49. The number of aryl methyl sites for hydroxylation is 1. The van der Waals surface area contributed by atoms with Crippen LogP contribution >= 0.6 is 23.2 Å². The number of imidazole rings is 1. The van der Waals surface area contributed by atoms with E-state index in [0.29, 0.717) is 21.2 Å². The van der Waals surface area contributed by atoms with Gasteiger partial charge in [-0.05, 0) is 36.8 Å². The number of nitrogens with zero attached hydrogens (tertiary/aromatic N) is 2. The average Bonchev–Trinajstić information content (AvgIpc) is 2.83. The van der Waals surface area contributed by atoms with E-state index in [0.717, 1.165) is 24.0 Å². The Kier molecular flexibility index (Phi) is 6.49. The van der Waals surface area contributed by atoms with Crippen molar-refractivity contribution >= 4 is 40.0 Å². The van der Waals surface area contributed by atoms with Gasteiger partial charge < -0.3 is 26.1 Å². The minimum absolute atomic E-state index is 0. The average molecular weight is 442 g/mol. The SMILES string of the molecule is CCCn1c(=N)n(CC(=O)c2ccc(Cl)c(Cl)c2)c2ccccc21.[Br-]. The van der Waals surface area contributed by atoms with E-state index >= 15 is 0 Å². The number of benzene rings is 2. The molecule has 0 spiro atoms. The molecule has 0 fully saturated rings. The first-order chi connectivity index (χ1) is 11.5. The number of hydrogen-bond acceptors (Lipinski definition) is 2. The van der Waals surface area contributed by atoms with Crippen molar-refractivity contribution in [1.82, 2.24) is 9.13 Å². The van der Waals surface area contributed by atoms with Gasteiger partial charge in [0.15, 0.2) is 5.78 Å². The molecule has 1 aromatic heterocycles. The maximum absolute atomic E-state index is 12.6. The van der Waals surface area contributed by atoms with Crippen molar-refractivity contribution in [3.05, 3.63) is 63.7 Å². The number of fused-ring (bicyclic) bond motifs is 1. The predicted octanol–water partition coefficient (Wildman–Crippen LogP) is 1.53. The molecule has 0 unspecified atom stereocenters. The summed E-state index contributed by atoms with van der Waals surface area (Å²) < 4.78 is 3.66. The van der Waals surface area contributed by atoms with E-state index in [9.17, 15) is 4.79 Å². The van der Waals surface area contributed by atoms with Crippen LogP contribution in [0.15, 0.2) is 42.5 Å². The van der Waals surface area contributed by atoms with E-state index in [1.54, 1.807) is 22.8 Å². The van der Waals surface area contributed by atoms with Crippen molar-refractivity contribution in [1.29, 1.82) is 5.41 Å². The predicted molar refractivity (Wildman–Crippen MR) is 96.9 cm³/mol. The molecule has 3 aromatic rings. The molecule has 7 heteroatoms. The Hall–Kier alpha value is -1.56. The Morgan fingerprint density at radius 3 is 2.28 bits per heavy atom. The fourth-order valence-corrected chi connectivity index (χ4v) is 3.11. The topological polar surface area (TPSA) is 50.8 Å². The third-order valence-corrected chi connectivity index (χ3v) is 4.70. The van der Waals surface area contributed by atoms with Gasteiger partial charge >= 0.3 is 0 Å². The van der Waals surface area contributed by atoms with Crippen LogP contribution in [-0.2, 0) is 13.1 Å². The second kappa shape index (κ2) is 8.21. The molecule has 1 heterocycles.